The topological polar surface area (TPSA) is 9.23 Å². The van der Waals surface area contributed by atoms with Gasteiger partial charge in [0.15, 0.2) is 0 Å². The van der Waals surface area contributed by atoms with Gasteiger partial charge in [0.05, 0.1) is 12.7 Å². The van der Waals surface area contributed by atoms with E-state index in [0.29, 0.717) is 6.10 Å². The Hall–Kier alpha value is -0.300. The molecule has 1 aliphatic rings. The highest BCUT2D eigenvalue weighted by Gasteiger charge is 2.17. The Labute approximate surface area is 69.4 Å². The lowest BCUT2D eigenvalue weighted by molar-refractivity contribution is 0.0534. The van der Waals surface area contributed by atoms with Crippen LogP contribution in [0.3, 0.4) is 0 Å². The van der Waals surface area contributed by atoms with Crippen molar-refractivity contribution in [2.75, 3.05) is 6.61 Å². The molecule has 0 amide bonds. The molecule has 1 aliphatic carbocycles. The minimum atomic E-state index is 0.379. The van der Waals surface area contributed by atoms with Crippen LogP contribution in [0.5, 0.6) is 0 Å². The minimum absolute atomic E-state index is 0.379. The molecule has 0 aromatic carbocycles. The Morgan fingerprint density at radius 1 is 1.64 bits per heavy atom. The van der Waals surface area contributed by atoms with Crippen molar-refractivity contribution in [2.45, 2.75) is 39.2 Å². The molecule has 0 aliphatic heterocycles. The highest BCUT2D eigenvalue weighted by Crippen LogP contribution is 2.28. The Kier molecular flexibility index (Phi) is 3.13. The maximum absolute atomic E-state index is 5.53. The molecule has 1 saturated carbocycles. The van der Waals surface area contributed by atoms with Crippen molar-refractivity contribution in [1.82, 2.24) is 0 Å². The summed E-state index contributed by atoms with van der Waals surface area (Å²) in [5.74, 6) is 0.755. The quantitative estimate of drug-likeness (QED) is 0.568. The number of ether oxygens (including phenoxy) is 1. The number of rotatable bonds is 3. The summed E-state index contributed by atoms with van der Waals surface area (Å²) in [4.78, 5) is 0. The second-order valence-electron chi connectivity index (χ2n) is 3.74. The predicted octanol–water partition coefficient (Wildman–Crippen LogP) is 2.77. The Balaban J connectivity index is 2.13. The molecule has 0 aromatic rings. The van der Waals surface area contributed by atoms with Crippen LogP contribution in [0.25, 0.3) is 0 Å². The van der Waals surface area contributed by atoms with Crippen molar-refractivity contribution < 1.29 is 4.74 Å². The van der Waals surface area contributed by atoms with Gasteiger partial charge in [-0.25, -0.2) is 0 Å². The average Bonchev–Trinajstić information content (AvgIpc) is 2.31. The smallest absolute Gasteiger partial charge is 0.0519 e. The first-order valence-electron chi connectivity index (χ1n) is 4.46. The molecule has 0 radical (unpaired) electrons. The van der Waals surface area contributed by atoms with Crippen LogP contribution in [-0.4, -0.2) is 12.7 Å². The van der Waals surface area contributed by atoms with E-state index in [9.17, 15) is 0 Å². The Morgan fingerprint density at radius 2 is 2.36 bits per heavy atom. The van der Waals surface area contributed by atoms with Crippen molar-refractivity contribution in [3.05, 3.63) is 12.2 Å². The van der Waals surface area contributed by atoms with Gasteiger partial charge in [0, 0.05) is 0 Å². The van der Waals surface area contributed by atoms with Crippen LogP contribution >= 0.6 is 0 Å². The normalized spacial score (nSPS) is 25.0. The summed E-state index contributed by atoms with van der Waals surface area (Å²) >= 11 is 0. The van der Waals surface area contributed by atoms with E-state index >= 15 is 0 Å². The van der Waals surface area contributed by atoms with Gasteiger partial charge in [-0.1, -0.05) is 12.2 Å². The van der Waals surface area contributed by atoms with Gasteiger partial charge in [-0.3, -0.25) is 0 Å². The van der Waals surface area contributed by atoms with Gasteiger partial charge in [0.1, 0.15) is 0 Å². The summed E-state index contributed by atoms with van der Waals surface area (Å²) in [6.07, 6.45) is 4.06. The SMILES string of the molecule is C=C1CCC(COC(C)C)C1. The lowest BCUT2D eigenvalue weighted by Crippen LogP contribution is -2.10. The maximum Gasteiger partial charge on any atom is 0.0519 e. The molecule has 1 nitrogen and oxygen atoms in total. The van der Waals surface area contributed by atoms with Crippen LogP contribution in [-0.2, 0) is 4.74 Å². The van der Waals surface area contributed by atoms with Crippen LogP contribution in [0, 0.1) is 5.92 Å². The van der Waals surface area contributed by atoms with E-state index in [-0.39, 0.29) is 0 Å². The predicted molar refractivity (Wildman–Crippen MR) is 47.6 cm³/mol. The molecular formula is C10H18O. The van der Waals surface area contributed by atoms with Gasteiger partial charge in [-0.05, 0) is 39.0 Å². The van der Waals surface area contributed by atoms with Gasteiger partial charge in [0.2, 0.25) is 0 Å². The Morgan fingerprint density at radius 3 is 2.82 bits per heavy atom. The highest BCUT2D eigenvalue weighted by molar-refractivity contribution is 5.01. The van der Waals surface area contributed by atoms with Crippen molar-refractivity contribution in [1.29, 1.82) is 0 Å². The molecule has 0 spiro atoms. The lowest BCUT2D eigenvalue weighted by atomic mass is 10.1. The lowest BCUT2D eigenvalue weighted by Gasteiger charge is -2.11. The van der Waals surface area contributed by atoms with Crippen molar-refractivity contribution in [3.8, 4) is 0 Å². The largest absolute Gasteiger partial charge is 0.378 e. The standard InChI is InChI=1S/C10H18O/c1-8(2)11-7-10-5-4-9(3)6-10/h8,10H,3-7H2,1-2H3. The van der Waals surface area contributed by atoms with Crippen molar-refractivity contribution in [3.63, 3.8) is 0 Å². The maximum atomic E-state index is 5.53. The van der Waals surface area contributed by atoms with Crippen molar-refractivity contribution in [2.24, 2.45) is 5.92 Å². The molecular weight excluding hydrogens is 136 g/mol. The molecule has 1 unspecified atom stereocenters. The second-order valence-corrected chi connectivity index (χ2v) is 3.74. The van der Waals surface area contributed by atoms with E-state index in [1.807, 2.05) is 0 Å². The molecule has 0 aromatic heterocycles. The van der Waals surface area contributed by atoms with E-state index in [0.717, 1.165) is 12.5 Å². The summed E-state index contributed by atoms with van der Waals surface area (Å²) in [6.45, 7) is 9.08. The van der Waals surface area contributed by atoms with Gasteiger partial charge >= 0.3 is 0 Å². The highest BCUT2D eigenvalue weighted by atomic mass is 16.5. The van der Waals surface area contributed by atoms with Crippen LogP contribution in [0.2, 0.25) is 0 Å². The fourth-order valence-electron chi connectivity index (χ4n) is 1.49. The van der Waals surface area contributed by atoms with E-state index in [4.69, 9.17) is 4.74 Å². The monoisotopic (exact) mass is 154 g/mol. The molecule has 1 atom stereocenters. The molecule has 0 N–H and O–H groups in total. The molecule has 0 bridgehead atoms. The van der Waals surface area contributed by atoms with Gasteiger partial charge in [0.25, 0.3) is 0 Å². The molecule has 11 heavy (non-hydrogen) atoms. The molecule has 64 valence electrons. The summed E-state index contributed by atoms with van der Waals surface area (Å²) < 4.78 is 5.53. The third kappa shape index (κ3) is 3.06. The van der Waals surface area contributed by atoms with E-state index in [2.05, 4.69) is 20.4 Å². The van der Waals surface area contributed by atoms with Gasteiger partial charge in [-0.15, -0.1) is 0 Å². The van der Waals surface area contributed by atoms with E-state index < -0.39 is 0 Å². The summed E-state index contributed by atoms with van der Waals surface area (Å²) in [6, 6.07) is 0. The van der Waals surface area contributed by atoms with Gasteiger partial charge < -0.3 is 4.74 Å². The summed E-state index contributed by atoms with van der Waals surface area (Å²) in [7, 11) is 0. The number of hydrogen-bond donors (Lipinski definition) is 0. The van der Waals surface area contributed by atoms with E-state index in [1.54, 1.807) is 0 Å². The van der Waals surface area contributed by atoms with E-state index in [1.165, 1.54) is 24.8 Å². The van der Waals surface area contributed by atoms with Crippen LogP contribution in [0.1, 0.15) is 33.1 Å². The fraction of sp³-hybridized carbons (Fsp3) is 0.800. The number of allylic oxidation sites excluding steroid dienone is 1. The van der Waals surface area contributed by atoms with Crippen LogP contribution < -0.4 is 0 Å². The molecule has 0 heterocycles. The fourth-order valence-corrected chi connectivity index (χ4v) is 1.49. The molecule has 1 heteroatoms. The van der Waals surface area contributed by atoms with Crippen LogP contribution in [0.4, 0.5) is 0 Å². The first-order valence-corrected chi connectivity index (χ1v) is 4.46. The zero-order chi connectivity index (χ0) is 8.27. The summed E-state index contributed by atoms with van der Waals surface area (Å²) in [5.41, 5.74) is 1.40. The van der Waals surface area contributed by atoms with Gasteiger partial charge in [-0.2, -0.15) is 0 Å². The number of hydrogen-bond acceptors (Lipinski definition) is 1. The Bertz CT molecular complexity index is 138. The van der Waals surface area contributed by atoms with Crippen LogP contribution in [0.15, 0.2) is 12.2 Å². The first-order chi connectivity index (χ1) is 5.18. The van der Waals surface area contributed by atoms with Crippen molar-refractivity contribution >= 4 is 0 Å². The molecule has 1 fully saturated rings. The third-order valence-electron chi connectivity index (χ3n) is 2.15. The summed E-state index contributed by atoms with van der Waals surface area (Å²) in [5, 5.41) is 0. The third-order valence-corrected chi connectivity index (χ3v) is 2.15. The zero-order valence-electron chi connectivity index (χ0n) is 7.60. The molecule has 0 saturated heterocycles. The zero-order valence-corrected chi connectivity index (χ0v) is 7.60. The first kappa shape index (κ1) is 8.79. The second kappa shape index (κ2) is 3.91. The minimum Gasteiger partial charge on any atom is -0.378 e. The molecule has 1 rings (SSSR count). The average molecular weight is 154 g/mol.